The van der Waals surface area contributed by atoms with Crippen molar-refractivity contribution in [2.24, 2.45) is 0 Å². The van der Waals surface area contributed by atoms with Crippen LogP contribution in [0.5, 0.6) is 0 Å². The summed E-state index contributed by atoms with van der Waals surface area (Å²) < 4.78 is 7.17. The molecule has 0 bridgehead atoms. The van der Waals surface area contributed by atoms with Crippen LogP contribution in [0, 0.1) is 0 Å². The van der Waals surface area contributed by atoms with Crippen LogP contribution in [-0.2, 0) is 6.54 Å². The SMILES string of the molecule is O=c1oc2ccc(Cl)cc2n1C1CCCN(Cc2ccccc2)C1. The van der Waals surface area contributed by atoms with Gasteiger partial charge in [0.2, 0.25) is 0 Å². The van der Waals surface area contributed by atoms with E-state index >= 15 is 0 Å². The number of hydrogen-bond donors (Lipinski definition) is 0. The molecule has 1 aliphatic heterocycles. The first-order valence-electron chi connectivity index (χ1n) is 8.27. The molecule has 0 N–H and O–H groups in total. The molecule has 1 unspecified atom stereocenters. The molecule has 4 nitrogen and oxygen atoms in total. The molecule has 2 aromatic carbocycles. The molecule has 1 aromatic heterocycles. The summed E-state index contributed by atoms with van der Waals surface area (Å²) in [5.74, 6) is -0.293. The highest BCUT2D eigenvalue weighted by Gasteiger charge is 2.25. The van der Waals surface area contributed by atoms with Crippen LogP contribution in [0.4, 0.5) is 0 Å². The summed E-state index contributed by atoms with van der Waals surface area (Å²) in [7, 11) is 0. The quantitative estimate of drug-likeness (QED) is 0.719. The maximum atomic E-state index is 12.3. The lowest BCUT2D eigenvalue weighted by atomic mass is 10.0. The molecular formula is C19H19ClN2O2. The molecule has 0 spiro atoms. The Morgan fingerprint density at radius 2 is 2.00 bits per heavy atom. The van der Waals surface area contributed by atoms with Gasteiger partial charge in [-0.25, -0.2) is 4.79 Å². The van der Waals surface area contributed by atoms with E-state index in [-0.39, 0.29) is 11.8 Å². The molecule has 124 valence electrons. The van der Waals surface area contributed by atoms with Crippen molar-refractivity contribution in [1.29, 1.82) is 0 Å². The summed E-state index contributed by atoms with van der Waals surface area (Å²) in [5.41, 5.74) is 2.69. The second-order valence-electron chi connectivity index (χ2n) is 6.37. The Morgan fingerprint density at radius 1 is 1.17 bits per heavy atom. The van der Waals surface area contributed by atoms with Crippen molar-refractivity contribution in [3.05, 3.63) is 69.7 Å². The van der Waals surface area contributed by atoms with Gasteiger partial charge in [0.05, 0.1) is 11.6 Å². The van der Waals surface area contributed by atoms with Crippen LogP contribution in [0.25, 0.3) is 11.1 Å². The number of oxazole rings is 1. The van der Waals surface area contributed by atoms with Gasteiger partial charge in [0.25, 0.3) is 0 Å². The first-order valence-corrected chi connectivity index (χ1v) is 8.65. The standard InChI is InChI=1S/C19H19ClN2O2/c20-15-8-9-18-17(11-15)22(19(23)24-18)16-7-4-10-21(13-16)12-14-5-2-1-3-6-14/h1-3,5-6,8-9,11,16H,4,7,10,12-13H2. The largest absolute Gasteiger partial charge is 0.420 e. The Bertz CT molecular complexity index is 901. The van der Waals surface area contributed by atoms with Gasteiger partial charge >= 0.3 is 5.76 Å². The van der Waals surface area contributed by atoms with Crippen LogP contribution < -0.4 is 5.76 Å². The van der Waals surface area contributed by atoms with Gasteiger partial charge < -0.3 is 4.42 Å². The topological polar surface area (TPSA) is 38.4 Å². The van der Waals surface area contributed by atoms with E-state index in [2.05, 4.69) is 29.2 Å². The summed E-state index contributed by atoms with van der Waals surface area (Å²) >= 11 is 6.11. The van der Waals surface area contributed by atoms with Crippen molar-refractivity contribution in [1.82, 2.24) is 9.47 Å². The third kappa shape index (κ3) is 2.99. The summed E-state index contributed by atoms with van der Waals surface area (Å²) in [6, 6.07) is 15.9. The first kappa shape index (κ1) is 15.5. The smallest absolute Gasteiger partial charge is 0.408 e. The number of nitrogens with zero attached hydrogens (tertiary/aromatic N) is 2. The van der Waals surface area contributed by atoms with Crippen molar-refractivity contribution >= 4 is 22.7 Å². The minimum atomic E-state index is -0.293. The molecular weight excluding hydrogens is 324 g/mol. The lowest BCUT2D eigenvalue weighted by Crippen LogP contribution is -2.38. The van der Waals surface area contributed by atoms with E-state index in [1.54, 1.807) is 16.7 Å². The van der Waals surface area contributed by atoms with Gasteiger partial charge in [0.15, 0.2) is 5.58 Å². The lowest BCUT2D eigenvalue weighted by molar-refractivity contribution is 0.168. The van der Waals surface area contributed by atoms with Crippen molar-refractivity contribution < 1.29 is 4.42 Å². The molecule has 24 heavy (non-hydrogen) atoms. The molecule has 4 rings (SSSR count). The van der Waals surface area contributed by atoms with E-state index in [4.69, 9.17) is 16.0 Å². The second-order valence-corrected chi connectivity index (χ2v) is 6.80. The molecule has 2 heterocycles. The molecule has 0 aliphatic carbocycles. The predicted molar refractivity (Wildman–Crippen MR) is 95.5 cm³/mol. The van der Waals surface area contributed by atoms with E-state index < -0.39 is 0 Å². The average molecular weight is 343 g/mol. The number of benzene rings is 2. The fourth-order valence-corrected chi connectivity index (χ4v) is 3.75. The molecule has 1 atom stereocenters. The van der Waals surface area contributed by atoms with E-state index in [9.17, 15) is 4.79 Å². The third-order valence-corrected chi connectivity index (χ3v) is 4.90. The van der Waals surface area contributed by atoms with Crippen LogP contribution in [-0.4, -0.2) is 22.6 Å². The number of rotatable bonds is 3. The minimum Gasteiger partial charge on any atom is -0.408 e. The van der Waals surface area contributed by atoms with Gasteiger partial charge in [-0.1, -0.05) is 41.9 Å². The number of likely N-dealkylation sites (tertiary alicyclic amines) is 1. The highest BCUT2D eigenvalue weighted by atomic mass is 35.5. The lowest BCUT2D eigenvalue weighted by Gasteiger charge is -2.33. The zero-order valence-electron chi connectivity index (χ0n) is 13.3. The average Bonchev–Trinajstić information content (AvgIpc) is 2.91. The summed E-state index contributed by atoms with van der Waals surface area (Å²) in [5, 5.41) is 0.619. The Kier molecular flexibility index (Phi) is 4.17. The second kappa shape index (κ2) is 6.46. The van der Waals surface area contributed by atoms with Crippen molar-refractivity contribution in [3.8, 4) is 0 Å². The molecule has 1 fully saturated rings. The van der Waals surface area contributed by atoms with E-state index in [0.717, 1.165) is 38.0 Å². The van der Waals surface area contributed by atoms with Gasteiger partial charge in [0, 0.05) is 18.1 Å². The van der Waals surface area contributed by atoms with Crippen LogP contribution in [0.3, 0.4) is 0 Å². The first-order chi connectivity index (χ1) is 11.7. The van der Waals surface area contributed by atoms with Crippen LogP contribution >= 0.6 is 11.6 Å². The molecule has 5 heteroatoms. The molecule has 0 amide bonds. The highest BCUT2D eigenvalue weighted by Crippen LogP contribution is 2.27. The minimum absolute atomic E-state index is 0.120. The van der Waals surface area contributed by atoms with Gasteiger partial charge in [-0.15, -0.1) is 0 Å². The highest BCUT2D eigenvalue weighted by molar-refractivity contribution is 6.31. The Balaban J connectivity index is 1.61. The van der Waals surface area contributed by atoms with Crippen LogP contribution in [0.2, 0.25) is 5.02 Å². The van der Waals surface area contributed by atoms with E-state index in [1.807, 2.05) is 12.1 Å². The van der Waals surface area contributed by atoms with Gasteiger partial charge in [-0.2, -0.15) is 0 Å². The van der Waals surface area contributed by atoms with Gasteiger partial charge in [0.1, 0.15) is 0 Å². The zero-order valence-corrected chi connectivity index (χ0v) is 14.1. The number of halogens is 1. The predicted octanol–water partition coefficient (Wildman–Crippen LogP) is 4.09. The molecule has 0 radical (unpaired) electrons. The van der Waals surface area contributed by atoms with E-state index in [1.165, 1.54) is 5.56 Å². The Morgan fingerprint density at radius 3 is 2.83 bits per heavy atom. The monoisotopic (exact) mass is 342 g/mol. The van der Waals surface area contributed by atoms with Crippen molar-refractivity contribution in [3.63, 3.8) is 0 Å². The van der Waals surface area contributed by atoms with Gasteiger partial charge in [-0.3, -0.25) is 9.47 Å². The normalized spacial score (nSPS) is 19.0. The van der Waals surface area contributed by atoms with Crippen LogP contribution in [0.1, 0.15) is 24.4 Å². The molecule has 3 aromatic rings. The fraction of sp³-hybridized carbons (Fsp3) is 0.316. The van der Waals surface area contributed by atoms with Crippen LogP contribution in [0.15, 0.2) is 57.7 Å². The van der Waals surface area contributed by atoms with Crippen molar-refractivity contribution in [2.45, 2.75) is 25.4 Å². The summed E-state index contributed by atoms with van der Waals surface area (Å²) in [6.07, 6.45) is 2.05. The number of aromatic nitrogens is 1. The Labute approximate surface area is 145 Å². The number of piperidine rings is 1. The van der Waals surface area contributed by atoms with Crippen molar-refractivity contribution in [2.75, 3.05) is 13.1 Å². The molecule has 0 saturated carbocycles. The van der Waals surface area contributed by atoms with Gasteiger partial charge in [-0.05, 0) is 43.1 Å². The summed E-state index contributed by atoms with van der Waals surface area (Å²) in [6.45, 7) is 2.80. The fourth-order valence-electron chi connectivity index (χ4n) is 3.58. The number of hydrogen-bond acceptors (Lipinski definition) is 3. The number of fused-ring (bicyclic) bond motifs is 1. The maximum absolute atomic E-state index is 12.3. The Hall–Kier alpha value is -2.04. The molecule has 1 aliphatic rings. The summed E-state index contributed by atoms with van der Waals surface area (Å²) in [4.78, 5) is 14.8. The molecule has 1 saturated heterocycles. The maximum Gasteiger partial charge on any atom is 0.420 e. The third-order valence-electron chi connectivity index (χ3n) is 4.67. The van der Waals surface area contributed by atoms with E-state index in [0.29, 0.717) is 10.6 Å². The zero-order chi connectivity index (χ0) is 16.5.